The number of hydrogen-bond donors (Lipinski definition) is 2. The van der Waals surface area contributed by atoms with Crippen LogP contribution in [0, 0.1) is 13.8 Å². The Balaban J connectivity index is 1.19. The molecular formula is C43H56N4O8. The van der Waals surface area contributed by atoms with Crippen molar-refractivity contribution in [3.63, 3.8) is 0 Å². The first kappa shape index (κ1) is 40.3. The average molecular weight is 757 g/mol. The largest absolute Gasteiger partial charge is 0.463 e. The van der Waals surface area contributed by atoms with Gasteiger partial charge in [-0.05, 0) is 92.5 Å². The number of hydrogen-bond acceptors (Lipinski definition) is 10. The van der Waals surface area contributed by atoms with Gasteiger partial charge in [0.2, 0.25) is 0 Å². The lowest BCUT2D eigenvalue weighted by atomic mass is 9.85. The number of allylic oxidation sites excluding steroid dienone is 2. The molecule has 0 fully saturated rings. The molecular weight excluding hydrogens is 700 g/mol. The third kappa shape index (κ3) is 9.20. The van der Waals surface area contributed by atoms with Crippen LogP contribution in [0.2, 0.25) is 0 Å². The van der Waals surface area contributed by atoms with E-state index < -0.39 is 0 Å². The zero-order valence-electron chi connectivity index (χ0n) is 33.4. The fourth-order valence-corrected chi connectivity index (χ4v) is 7.98. The summed E-state index contributed by atoms with van der Waals surface area (Å²) in [4.78, 5) is 41.8. The first-order valence-electron chi connectivity index (χ1n) is 19.6. The van der Waals surface area contributed by atoms with Gasteiger partial charge >= 0.3 is 11.9 Å². The fourth-order valence-electron chi connectivity index (χ4n) is 7.98. The van der Waals surface area contributed by atoms with Gasteiger partial charge in [0.25, 0.3) is 0 Å². The summed E-state index contributed by atoms with van der Waals surface area (Å²) in [6.07, 6.45) is 3.62. The van der Waals surface area contributed by atoms with Gasteiger partial charge in [-0.15, -0.1) is 0 Å². The van der Waals surface area contributed by atoms with Crippen LogP contribution >= 0.6 is 0 Å². The second kappa shape index (κ2) is 18.5. The molecule has 3 aromatic heterocycles. The minimum absolute atomic E-state index is 0.0403. The standard InChI is InChI=1S/C43H56N4O8/c1-8-30-25(2)36-22-40-34(24-50-7)28(5)35(45-40)21-37-27(4)32(43(46-37)33-10-9-31-26(3)38(47-42(31)33)23-39(30)44-36)11-12-41(49)55-20-18-53-16-14-51-13-15-52-17-19-54-29(6)48/h21-23,27,32,44-45H,8-20,24H2,1-7H3/t27-,32-/m0/s1. The van der Waals surface area contributed by atoms with E-state index in [2.05, 4.69) is 62.8 Å². The van der Waals surface area contributed by atoms with E-state index >= 15 is 0 Å². The number of rotatable bonds is 18. The number of carbonyl (C=O) groups excluding carboxylic acids is 2. The molecule has 2 N–H and O–H groups in total. The van der Waals surface area contributed by atoms with Gasteiger partial charge in [0.05, 0.1) is 57.6 Å². The Morgan fingerprint density at radius 2 is 1.40 bits per heavy atom. The van der Waals surface area contributed by atoms with Gasteiger partial charge in [0, 0.05) is 76.9 Å². The van der Waals surface area contributed by atoms with E-state index in [1.165, 1.54) is 34.8 Å². The highest BCUT2D eigenvalue weighted by Crippen LogP contribution is 2.47. The van der Waals surface area contributed by atoms with Gasteiger partial charge in [-0.25, -0.2) is 4.98 Å². The van der Waals surface area contributed by atoms with Crippen molar-refractivity contribution in [1.29, 1.82) is 0 Å². The number of aromatic amines is 2. The van der Waals surface area contributed by atoms with Crippen molar-refractivity contribution < 1.29 is 38.0 Å². The first-order chi connectivity index (χ1) is 26.6. The highest BCUT2D eigenvalue weighted by Gasteiger charge is 2.35. The minimum atomic E-state index is -0.325. The molecule has 55 heavy (non-hydrogen) atoms. The Morgan fingerprint density at radius 1 is 0.782 bits per heavy atom. The van der Waals surface area contributed by atoms with Crippen LogP contribution in [0.25, 0.3) is 33.2 Å². The average Bonchev–Trinajstić information content (AvgIpc) is 3.93. The summed E-state index contributed by atoms with van der Waals surface area (Å²) in [5, 5.41) is 0. The van der Waals surface area contributed by atoms with Crippen LogP contribution in [-0.4, -0.2) is 91.8 Å². The topological polar surface area (TPSA) is 147 Å². The molecule has 3 aromatic rings. The Labute approximate surface area is 323 Å². The molecule has 296 valence electrons. The third-order valence-electron chi connectivity index (χ3n) is 11.1. The molecule has 0 saturated carbocycles. The molecule has 2 aliphatic heterocycles. The van der Waals surface area contributed by atoms with Gasteiger partial charge in [0.15, 0.2) is 0 Å². The molecule has 0 spiro atoms. The first-order valence-corrected chi connectivity index (χ1v) is 19.6. The summed E-state index contributed by atoms with van der Waals surface area (Å²) in [5.74, 6) is -0.450. The van der Waals surface area contributed by atoms with Crippen molar-refractivity contribution in [3.8, 4) is 0 Å². The number of esters is 2. The number of H-pyrrole nitrogens is 2. The molecule has 0 aromatic carbocycles. The van der Waals surface area contributed by atoms with E-state index in [0.717, 1.165) is 75.2 Å². The van der Waals surface area contributed by atoms with E-state index in [0.29, 0.717) is 52.7 Å². The maximum Gasteiger partial charge on any atom is 0.305 e. The Hall–Kier alpha value is -4.36. The van der Waals surface area contributed by atoms with Crippen LogP contribution in [-0.2, 0) is 57.5 Å². The molecule has 3 aliphatic rings. The Morgan fingerprint density at radius 3 is 2.05 bits per heavy atom. The highest BCUT2D eigenvalue weighted by atomic mass is 16.6. The number of carbonyl (C=O) groups is 2. The van der Waals surface area contributed by atoms with Gasteiger partial charge in [-0.1, -0.05) is 13.8 Å². The van der Waals surface area contributed by atoms with Crippen molar-refractivity contribution in [2.45, 2.75) is 92.1 Å². The van der Waals surface area contributed by atoms with Crippen LogP contribution in [0.3, 0.4) is 0 Å². The summed E-state index contributed by atoms with van der Waals surface area (Å²) in [6.45, 7) is 15.4. The fraction of sp³-hybridized carbons (Fsp3) is 0.535. The SMILES string of the molecule is CCc1c(C)c2cc3[nH]c(cc4nc(c5c6nc(cc1[nH]2)C(C)=C6CC5)[C@@H](CCC(=O)OCCOCCOCCOCCOC(C)=O)[C@@H]4C)c(C)c3COC. The third-order valence-corrected chi connectivity index (χ3v) is 11.1. The van der Waals surface area contributed by atoms with Crippen LogP contribution in [0.5, 0.6) is 0 Å². The summed E-state index contributed by atoms with van der Waals surface area (Å²) in [6, 6.07) is 6.60. The molecule has 1 aliphatic carbocycles. The quantitative estimate of drug-likeness (QED) is 0.0999. The van der Waals surface area contributed by atoms with Gasteiger partial charge < -0.3 is 38.4 Å². The molecule has 0 saturated heterocycles. The maximum atomic E-state index is 13.0. The number of fused-ring (bicyclic) bond motifs is 8. The second-order valence-corrected chi connectivity index (χ2v) is 14.5. The van der Waals surface area contributed by atoms with Crippen molar-refractivity contribution in [1.82, 2.24) is 19.9 Å². The minimum Gasteiger partial charge on any atom is -0.463 e. The van der Waals surface area contributed by atoms with Crippen molar-refractivity contribution in [2.24, 2.45) is 0 Å². The molecule has 0 amide bonds. The lowest BCUT2D eigenvalue weighted by Crippen LogP contribution is -2.15. The van der Waals surface area contributed by atoms with Crippen LogP contribution < -0.4 is 0 Å². The van der Waals surface area contributed by atoms with E-state index in [1.54, 1.807) is 7.11 Å². The Kier molecular flexibility index (Phi) is 13.6. The predicted molar refractivity (Wildman–Crippen MR) is 212 cm³/mol. The van der Waals surface area contributed by atoms with Crippen molar-refractivity contribution >= 4 is 45.2 Å². The zero-order valence-corrected chi connectivity index (χ0v) is 33.4. The zero-order chi connectivity index (χ0) is 39.1. The second-order valence-electron chi connectivity index (χ2n) is 14.5. The molecule has 2 atom stereocenters. The summed E-state index contributed by atoms with van der Waals surface area (Å²) in [7, 11) is 1.73. The van der Waals surface area contributed by atoms with Crippen LogP contribution in [0.4, 0.5) is 0 Å². The van der Waals surface area contributed by atoms with E-state index in [-0.39, 0.29) is 43.4 Å². The monoisotopic (exact) mass is 756 g/mol. The molecule has 12 nitrogen and oxygen atoms in total. The molecule has 8 bridgehead atoms. The number of aromatic nitrogens is 4. The molecule has 5 heterocycles. The molecule has 6 rings (SSSR count). The normalized spacial score (nSPS) is 16.3. The molecule has 0 radical (unpaired) electrons. The van der Waals surface area contributed by atoms with E-state index in [4.69, 9.17) is 38.4 Å². The summed E-state index contributed by atoms with van der Waals surface area (Å²) in [5.41, 5.74) is 16.8. The van der Waals surface area contributed by atoms with Crippen LogP contribution in [0.15, 0.2) is 18.2 Å². The van der Waals surface area contributed by atoms with E-state index in [9.17, 15) is 9.59 Å². The van der Waals surface area contributed by atoms with Gasteiger partial charge in [-0.3, -0.25) is 14.6 Å². The van der Waals surface area contributed by atoms with E-state index in [1.807, 2.05) is 0 Å². The smallest absolute Gasteiger partial charge is 0.305 e. The van der Waals surface area contributed by atoms with Crippen molar-refractivity contribution in [2.75, 3.05) is 60.0 Å². The molecule has 0 unspecified atom stereocenters. The highest BCUT2D eigenvalue weighted by molar-refractivity contribution is 5.95. The predicted octanol–water partition coefficient (Wildman–Crippen LogP) is 7.34. The lowest BCUT2D eigenvalue weighted by molar-refractivity contribution is -0.145. The van der Waals surface area contributed by atoms with Gasteiger partial charge in [-0.2, -0.15) is 0 Å². The lowest BCUT2D eigenvalue weighted by Gasteiger charge is -2.17. The Bertz CT molecular complexity index is 2080. The number of nitrogens with one attached hydrogen (secondary N) is 2. The maximum absolute atomic E-state index is 13.0. The van der Waals surface area contributed by atoms with Gasteiger partial charge in [0.1, 0.15) is 13.2 Å². The summed E-state index contributed by atoms with van der Waals surface area (Å²) < 4.78 is 32.5. The van der Waals surface area contributed by atoms with Crippen molar-refractivity contribution in [3.05, 3.63) is 68.8 Å². The summed E-state index contributed by atoms with van der Waals surface area (Å²) >= 11 is 0. The van der Waals surface area contributed by atoms with Crippen LogP contribution in [0.1, 0.15) is 109 Å². The molecule has 12 heteroatoms. The number of methoxy groups -OCH3 is 1. The number of aryl methyl sites for hydroxylation is 3. The number of ether oxygens (including phenoxy) is 6. The number of nitrogens with zero attached hydrogens (tertiary/aromatic N) is 2.